The van der Waals surface area contributed by atoms with Gasteiger partial charge in [0.2, 0.25) is 10.0 Å². The van der Waals surface area contributed by atoms with Crippen molar-refractivity contribution in [3.8, 4) is 5.75 Å². The van der Waals surface area contributed by atoms with E-state index in [0.29, 0.717) is 28.0 Å². The number of carbonyl (C=O) groups excluding carboxylic acids is 2. The van der Waals surface area contributed by atoms with Crippen molar-refractivity contribution in [1.29, 1.82) is 0 Å². The van der Waals surface area contributed by atoms with Crippen LogP contribution in [0.1, 0.15) is 11.1 Å². The Morgan fingerprint density at radius 2 is 1.72 bits per heavy atom. The zero-order valence-corrected chi connectivity index (χ0v) is 21.8. The lowest BCUT2D eigenvalue weighted by Crippen LogP contribution is -2.39. The molecule has 36 heavy (non-hydrogen) atoms. The molecule has 0 heterocycles. The van der Waals surface area contributed by atoms with E-state index in [-0.39, 0.29) is 12.5 Å². The van der Waals surface area contributed by atoms with Gasteiger partial charge in [0.15, 0.2) is 6.61 Å². The maximum Gasteiger partial charge on any atom is 0.260 e. The van der Waals surface area contributed by atoms with E-state index in [1.54, 1.807) is 48.5 Å². The molecule has 0 saturated heterocycles. The van der Waals surface area contributed by atoms with Gasteiger partial charge in [0, 0.05) is 11.0 Å². The van der Waals surface area contributed by atoms with Crippen LogP contribution in [-0.2, 0) is 26.2 Å². The molecular weight excluding hydrogens is 548 g/mol. The minimum atomic E-state index is -3.68. The first-order valence-electron chi connectivity index (χ1n) is 10.8. The van der Waals surface area contributed by atoms with E-state index in [2.05, 4.69) is 31.8 Å². The van der Waals surface area contributed by atoms with Crippen LogP contribution in [0.15, 0.2) is 88.4 Å². The first-order chi connectivity index (χ1) is 17.2. The van der Waals surface area contributed by atoms with Crippen molar-refractivity contribution < 1.29 is 22.7 Å². The average Bonchev–Trinajstić information content (AvgIpc) is 2.85. The van der Waals surface area contributed by atoms with Crippen LogP contribution in [0.3, 0.4) is 0 Å². The summed E-state index contributed by atoms with van der Waals surface area (Å²) in [6.45, 7) is -0.119. The molecule has 0 unspecified atom stereocenters. The lowest BCUT2D eigenvalue weighted by atomic mass is 10.2. The number of rotatable bonds is 11. The number of amides is 2. The molecule has 0 fully saturated rings. The van der Waals surface area contributed by atoms with E-state index in [1.807, 2.05) is 30.3 Å². The Kier molecular flexibility index (Phi) is 9.60. The Labute approximate surface area is 218 Å². The molecule has 3 aromatic rings. The highest BCUT2D eigenvalue weighted by atomic mass is 79.9. The average molecular weight is 573 g/mol. The Morgan fingerprint density at radius 1 is 1.00 bits per heavy atom. The molecule has 9 nitrogen and oxygen atoms in total. The number of hydrogen-bond donors (Lipinski definition) is 2. The fraction of sp³-hybridized carbons (Fsp3) is 0.160. The van der Waals surface area contributed by atoms with Crippen molar-refractivity contribution in [2.75, 3.05) is 23.7 Å². The summed E-state index contributed by atoms with van der Waals surface area (Å²) in [7, 11) is -3.68. The quantitative estimate of drug-likeness (QED) is 0.270. The molecule has 188 valence electrons. The molecule has 0 radical (unpaired) electrons. The van der Waals surface area contributed by atoms with E-state index in [1.165, 1.54) is 6.21 Å². The second kappa shape index (κ2) is 12.8. The number of carbonyl (C=O) groups is 2. The summed E-state index contributed by atoms with van der Waals surface area (Å²) in [4.78, 5) is 24.3. The van der Waals surface area contributed by atoms with Gasteiger partial charge in [0.25, 0.3) is 11.8 Å². The first kappa shape index (κ1) is 26.9. The van der Waals surface area contributed by atoms with E-state index in [4.69, 9.17) is 4.74 Å². The number of nitrogens with one attached hydrogen (secondary N) is 2. The molecular formula is C25H25BrN4O5S. The minimum absolute atomic E-state index is 0.120. The maximum atomic E-state index is 12.3. The van der Waals surface area contributed by atoms with Gasteiger partial charge in [-0.15, -0.1) is 0 Å². The molecule has 2 amide bonds. The molecule has 0 bridgehead atoms. The Morgan fingerprint density at radius 3 is 2.39 bits per heavy atom. The number of ether oxygens (including phenoxy) is 1. The molecule has 3 aromatic carbocycles. The summed E-state index contributed by atoms with van der Waals surface area (Å²) >= 11 is 3.29. The summed E-state index contributed by atoms with van der Waals surface area (Å²) < 4.78 is 31.5. The van der Waals surface area contributed by atoms with Crippen LogP contribution in [0, 0.1) is 0 Å². The van der Waals surface area contributed by atoms with Gasteiger partial charge in [-0.1, -0.05) is 52.3 Å². The number of halogens is 1. The molecule has 0 atom stereocenters. The van der Waals surface area contributed by atoms with Gasteiger partial charge < -0.3 is 10.1 Å². The smallest absolute Gasteiger partial charge is 0.260 e. The van der Waals surface area contributed by atoms with Gasteiger partial charge in [-0.25, -0.2) is 13.8 Å². The van der Waals surface area contributed by atoms with Gasteiger partial charge in [-0.05, 0) is 53.6 Å². The molecule has 0 spiro atoms. The third kappa shape index (κ3) is 8.82. The van der Waals surface area contributed by atoms with Gasteiger partial charge in [0.05, 0.1) is 18.2 Å². The second-order valence-electron chi connectivity index (χ2n) is 7.66. The lowest BCUT2D eigenvalue weighted by molar-refractivity contribution is -0.123. The fourth-order valence-corrected chi connectivity index (χ4v) is 4.26. The Balaban J connectivity index is 1.46. The normalized spacial score (nSPS) is 11.2. The predicted octanol–water partition coefficient (Wildman–Crippen LogP) is 3.06. The zero-order chi connectivity index (χ0) is 26.0. The largest absolute Gasteiger partial charge is 0.484 e. The van der Waals surface area contributed by atoms with Crippen LogP contribution in [0.5, 0.6) is 5.75 Å². The van der Waals surface area contributed by atoms with Crippen molar-refractivity contribution >= 4 is 49.7 Å². The van der Waals surface area contributed by atoms with Crippen LogP contribution < -0.4 is 19.8 Å². The molecule has 0 aliphatic rings. The summed E-state index contributed by atoms with van der Waals surface area (Å²) in [5.74, 6) is -0.333. The van der Waals surface area contributed by atoms with Gasteiger partial charge in [0.1, 0.15) is 12.3 Å². The predicted molar refractivity (Wildman–Crippen MR) is 142 cm³/mol. The molecule has 2 N–H and O–H groups in total. The lowest BCUT2D eigenvalue weighted by Gasteiger charge is -2.21. The first-order valence-corrected chi connectivity index (χ1v) is 13.4. The number of benzene rings is 3. The van der Waals surface area contributed by atoms with Crippen LogP contribution in [-0.4, -0.2) is 45.9 Å². The summed E-state index contributed by atoms with van der Waals surface area (Å²) in [5.41, 5.74) is 4.35. The zero-order valence-electron chi connectivity index (χ0n) is 19.4. The minimum Gasteiger partial charge on any atom is -0.484 e. The van der Waals surface area contributed by atoms with Gasteiger partial charge >= 0.3 is 0 Å². The number of nitrogens with zero attached hydrogens (tertiary/aromatic N) is 2. The number of anilines is 1. The van der Waals surface area contributed by atoms with Crippen LogP contribution in [0.4, 0.5) is 5.69 Å². The molecule has 0 aromatic heterocycles. The third-order valence-electron chi connectivity index (χ3n) is 4.77. The van der Waals surface area contributed by atoms with E-state index < -0.39 is 22.5 Å². The molecule has 11 heteroatoms. The standard InChI is InChI=1S/C25H25BrN4O5S/c1-36(33,34)30(22-9-5-8-21(26)14-22)17-24(31)29-28-16-20-10-12-23(13-11-20)35-18-25(32)27-15-19-6-3-2-4-7-19/h2-14,16H,15,17-18H2,1H3,(H,27,32)(H,29,31)/b28-16-. The third-order valence-corrected chi connectivity index (χ3v) is 6.40. The molecule has 0 aliphatic heterocycles. The Hall–Kier alpha value is -3.70. The van der Waals surface area contributed by atoms with Crippen LogP contribution in [0.2, 0.25) is 0 Å². The highest BCUT2D eigenvalue weighted by Crippen LogP contribution is 2.21. The van der Waals surface area contributed by atoms with Crippen molar-refractivity contribution in [1.82, 2.24) is 10.7 Å². The maximum absolute atomic E-state index is 12.3. The Bertz CT molecular complexity index is 1320. The van der Waals surface area contributed by atoms with E-state index in [0.717, 1.165) is 16.1 Å². The van der Waals surface area contributed by atoms with Crippen molar-refractivity contribution in [2.45, 2.75) is 6.54 Å². The SMILES string of the molecule is CS(=O)(=O)N(CC(=O)N/N=C\c1ccc(OCC(=O)NCc2ccccc2)cc1)c1cccc(Br)c1. The molecule has 0 saturated carbocycles. The van der Waals surface area contributed by atoms with Crippen molar-refractivity contribution in [3.05, 3.63) is 94.5 Å². The summed E-state index contributed by atoms with van der Waals surface area (Å²) in [6, 6.07) is 23.0. The monoisotopic (exact) mass is 572 g/mol. The van der Waals surface area contributed by atoms with Crippen LogP contribution >= 0.6 is 15.9 Å². The highest BCUT2D eigenvalue weighted by Gasteiger charge is 2.20. The second-order valence-corrected chi connectivity index (χ2v) is 10.5. The van der Waals surface area contributed by atoms with Gasteiger partial charge in [-0.3, -0.25) is 13.9 Å². The molecule has 3 rings (SSSR count). The van der Waals surface area contributed by atoms with Crippen molar-refractivity contribution in [2.24, 2.45) is 5.10 Å². The number of hydrogen-bond acceptors (Lipinski definition) is 6. The number of hydrazone groups is 1. The van der Waals surface area contributed by atoms with Crippen molar-refractivity contribution in [3.63, 3.8) is 0 Å². The van der Waals surface area contributed by atoms with Gasteiger partial charge in [-0.2, -0.15) is 5.10 Å². The summed E-state index contributed by atoms with van der Waals surface area (Å²) in [6.07, 6.45) is 2.44. The fourth-order valence-electron chi connectivity index (χ4n) is 3.02. The molecule has 0 aliphatic carbocycles. The van der Waals surface area contributed by atoms with Crippen LogP contribution in [0.25, 0.3) is 0 Å². The van der Waals surface area contributed by atoms with E-state index >= 15 is 0 Å². The van der Waals surface area contributed by atoms with E-state index in [9.17, 15) is 18.0 Å². The highest BCUT2D eigenvalue weighted by molar-refractivity contribution is 9.10. The number of sulfonamides is 1. The summed E-state index contributed by atoms with van der Waals surface area (Å²) in [5, 5.41) is 6.67. The topological polar surface area (TPSA) is 117 Å².